The molecule has 0 bridgehead atoms. The van der Waals surface area contributed by atoms with Crippen LogP contribution in [0.3, 0.4) is 0 Å². The Hall–Kier alpha value is -1.95. The van der Waals surface area contributed by atoms with E-state index in [1.54, 1.807) is 24.3 Å². The van der Waals surface area contributed by atoms with E-state index in [4.69, 9.17) is 5.11 Å². The molecule has 0 saturated carbocycles. The van der Waals surface area contributed by atoms with Crippen LogP contribution in [-0.2, 0) is 6.42 Å². The Morgan fingerprint density at radius 1 is 1.41 bits per heavy atom. The minimum atomic E-state index is -0.930. The van der Waals surface area contributed by atoms with Crippen molar-refractivity contribution in [3.63, 3.8) is 0 Å². The Labute approximate surface area is 102 Å². The summed E-state index contributed by atoms with van der Waals surface area (Å²) in [6, 6.07) is 6.51. The third kappa shape index (κ3) is 2.79. The molecule has 0 radical (unpaired) electrons. The lowest BCUT2D eigenvalue weighted by Gasteiger charge is -2.01. The van der Waals surface area contributed by atoms with E-state index in [-0.39, 0.29) is 5.56 Å². The SMILES string of the molecule is CCc1nsc(Nc2ccc(C(=O)O)cc2)n1. The smallest absolute Gasteiger partial charge is 0.335 e. The number of carboxylic acids is 1. The molecule has 1 heterocycles. The molecular formula is C11H11N3O2S. The zero-order chi connectivity index (χ0) is 12.3. The first kappa shape index (κ1) is 11.5. The van der Waals surface area contributed by atoms with Gasteiger partial charge >= 0.3 is 5.97 Å². The van der Waals surface area contributed by atoms with E-state index in [0.717, 1.165) is 17.9 Å². The summed E-state index contributed by atoms with van der Waals surface area (Å²) in [5.74, 6) is -0.125. The van der Waals surface area contributed by atoms with Crippen molar-refractivity contribution in [1.29, 1.82) is 0 Å². The largest absolute Gasteiger partial charge is 0.478 e. The van der Waals surface area contributed by atoms with E-state index < -0.39 is 5.97 Å². The number of aromatic carboxylic acids is 1. The zero-order valence-corrected chi connectivity index (χ0v) is 9.99. The average molecular weight is 249 g/mol. The van der Waals surface area contributed by atoms with Crippen LogP contribution < -0.4 is 5.32 Å². The number of nitrogens with one attached hydrogen (secondary N) is 1. The van der Waals surface area contributed by atoms with Crippen molar-refractivity contribution in [3.8, 4) is 0 Å². The number of carboxylic acid groups (broad SMARTS) is 1. The second kappa shape index (κ2) is 4.92. The second-order valence-electron chi connectivity index (χ2n) is 3.38. The molecule has 0 atom stereocenters. The number of nitrogens with zero attached hydrogens (tertiary/aromatic N) is 2. The molecule has 1 aromatic carbocycles. The summed E-state index contributed by atoms with van der Waals surface area (Å²) in [5, 5.41) is 12.5. The van der Waals surface area contributed by atoms with Crippen molar-refractivity contribution in [3.05, 3.63) is 35.7 Å². The molecule has 2 aromatic rings. The van der Waals surface area contributed by atoms with Gasteiger partial charge in [-0.15, -0.1) is 0 Å². The summed E-state index contributed by atoms with van der Waals surface area (Å²) in [6.45, 7) is 1.99. The molecule has 2 N–H and O–H groups in total. The first-order valence-electron chi connectivity index (χ1n) is 5.12. The summed E-state index contributed by atoms with van der Waals surface area (Å²) in [5.41, 5.74) is 1.07. The maximum absolute atomic E-state index is 10.7. The van der Waals surface area contributed by atoms with E-state index in [1.807, 2.05) is 6.92 Å². The van der Waals surface area contributed by atoms with Gasteiger partial charge in [0.1, 0.15) is 5.82 Å². The van der Waals surface area contributed by atoms with Crippen LogP contribution >= 0.6 is 11.5 Å². The molecule has 0 aliphatic carbocycles. The van der Waals surface area contributed by atoms with Crippen molar-refractivity contribution >= 4 is 28.3 Å². The summed E-state index contributed by atoms with van der Waals surface area (Å²) in [7, 11) is 0. The first-order valence-corrected chi connectivity index (χ1v) is 5.89. The van der Waals surface area contributed by atoms with Gasteiger partial charge in [0.15, 0.2) is 0 Å². The number of hydrogen-bond donors (Lipinski definition) is 2. The third-order valence-electron chi connectivity index (χ3n) is 2.17. The van der Waals surface area contributed by atoms with Gasteiger partial charge in [-0.2, -0.15) is 4.37 Å². The molecule has 2 rings (SSSR count). The normalized spacial score (nSPS) is 10.2. The Balaban J connectivity index is 2.10. The lowest BCUT2D eigenvalue weighted by atomic mass is 10.2. The van der Waals surface area contributed by atoms with Crippen LogP contribution in [0.5, 0.6) is 0 Å². The van der Waals surface area contributed by atoms with Gasteiger partial charge in [0, 0.05) is 23.6 Å². The number of carbonyl (C=O) groups is 1. The first-order chi connectivity index (χ1) is 8.19. The molecule has 0 saturated heterocycles. The van der Waals surface area contributed by atoms with Gasteiger partial charge in [-0.1, -0.05) is 6.92 Å². The standard InChI is InChI=1S/C11H11N3O2S/c1-2-9-13-11(17-14-9)12-8-5-3-7(4-6-8)10(15)16/h3-6H,2H2,1H3,(H,15,16)(H,12,13,14). The molecule has 0 spiro atoms. The molecule has 0 aliphatic heterocycles. The monoisotopic (exact) mass is 249 g/mol. The molecule has 6 heteroatoms. The van der Waals surface area contributed by atoms with Crippen LogP contribution in [0.2, 0.25) is 0 Å². The molecule has 88 valence electrons. The number of aryl methyl sites for hydroxylation is 1. The Morgan fingerprint density at radius 2 is 2.12 bits per heavy atom. The number of benzene rings is 1. The van der Waals surface area contributed by atoms with Crippen LogP contribution in [0.15, 0.2) is 24.3 Å². The Kier molecular flexibility index (Phi) is 3.34. The topological polar surface area (TPSA) is 75.1 Å². The van der Waals surface area contributed by atoms with Crippen molar-refractivity contribution in [2.45, 2.75) is 13.3 Å². The van der Waals surface area contributed by atoms with Crippen molar-refractivity contribution < 1.29 is 9.90 Å². The van der Waals surface area contributed by atoms with Gasteiger partial charge in [-0.25, -0.2) is 9.78 Å². The number of hydrogen-bond acceptors (Lipinski definition) is 5. The van der Waals surface area contributed by atoms with E-state index >= 15 is 0 Å². The second-order valence-corrected chi connectivity index (χ2v) is 4.13. The van der Waals surface area contributed by atoms with Crippen LogP contribution in [0.4, 0.5) is 10.8 Å². The van der Waals surface area contributed by atoms with Crippen LogP contribution in [0, 0.1) is 0 Å². The highest BCUT2D eigenvalue weighted by Crippen LogP contribution is 2.19. The fraction of sp³-hybridized carbons (Fsp3) is 0.182. The zero-order valence-electron chi connectivity index (χ0n) is 9.17. The van der Waals surface area contributed by atoms with Gasteiger partial charge in [0.25, 0.3) is 0 Å². The van der Waals surface area contributed by atoms with Gasteiger partial charge in [-0.05, 0) is 24.3 Å². The lowest BCUT2D eigenvalue weighted by Crippen LogP contribution is -1.96. The third-order valence-corrected chi connectivity index (χ3v) is 2.84. The van der Waals surface area contributed by atoms with E-state index in [9.17, 15) is 4.79 Å². The highest BCUT2D eigenvalue weighted by Gasteiger charge is 2.04. The number of rotatable bonds is 4. The summed E-state index contributed by atoms with van der Waals surface area (Å²) in [6.07, 6.45) is 0.802. The Bertz CT molecular complexity index is 522. The van der Waals surface area contributed by atoms with E-state index in [0.29, 0.717) is 5.13 Å². The summed E-state index contributed by atoms with van der Waals surface area (Å²) in [4.78, 5) is 14.9. The highest BCUT2D eigenvalue weighted by atomic mass is 32.1. The van der Waals surface area contributed by atoms with Gasteiger partial charge in [0.05, 0.1) is 5.56 Å². The molecule has 0 fully saturated rings. The minimum Gasteiger partial charge on any atom is -0.478 e. The Morgan fingerprint density at radius 3 is 2.65 bits per heavy atom. The molecule has 17 heavy (non-hydrogen) atoms. The number of anilines is 2. The van der Waals surface area contributed by atoms with Crippen LogP contribution in [-0.4, -0.2) is 20.4 Å². The minimum absolute atomic E-state index is 0.266. The van der Waals surface area contributed by atoms with Gasteiger partial charge in [-0.3, -0.25) is 0 Å². The fourth-order valence-corrected chi connectivity index (χ4v) is 1.94. The summed E-state index contributed by atoms with van der Waals surface area (Å²) >= 11 is 1.29. The fourth-order valence-electron chi connectivity index (χ4n) is 1.27. The summed E-state index contributed by atoms with van der Waals surface area (Å²) < 4.78 is 4.15. The van der Waals surface area contributed by atoms with Crippen LogP contribution in [0.25, 0.3) is 0 Å². The molecule has 0 unspecified atom stereocenters. The number of aromatic nitrogens is 2. The maximum Gasteiger partial charge on any atom is 0.335 e. The maximum atomic E-state index is 10.7. The van der Waals surface area contributed by atoms with E-state index in [1.165, 1.54) is 11.5 Å². The quantitative estimate of drug-likeness (QED) is 0.870. The molecule has 5 nitrogen and oxygen atoms in total. The lowest BCUT2D eigenvalue weighted by molar-refractivity contribution is 0.0697. The molecule has 1 aromatic heterocycles. The van der Waals surface area contributed by atoms with E-state index in [2.05, 4.69) is 14.7 Å². The van der Waals surface area contributed by atoms with Gasteiger partial charge < -0.3 is 10.4 Å². The highest BCUT2D eigenvalue weighted by molar-refractivity contribution is 7.09. The predicted octanol–water partition coefficient (Wildman–Crippen LogP) is 2.54. The van der Waals surface area contributed by atoms with Crippen LogP contribution in [0.1, 0.15) is 23.1 Å². The van der Waals surface area contributed by atoms with Crippen molar-refractivity contribution in [2.75, 3.05) is 5.32 Å². The molecule has 0 aliphatic rings. The molecule has 0 amide bonds. The average Bonchev–Trinajstić information content (AvgIpc) is 2.77. The van der Waals surface area contributed by atoms with Crippen molar-refractivity contribution in [2.24, 2.45) is 0 Å². The predicted molar refractivity (Wildman–Crippen MR) is 66.0 cm³/mol. The van der Waals surface area contributed by atoms with Crippen molar-refractivity contribution in [1.82, 2.24) is 9.36 Å². The van der Waals surface area contributed by atoms with Gasteiger partial charge in [0.2, 0.25) is 5.13 Å². The molecular weight excluding hydrogens is 238 g/mol.